The lowest BCUT2D eigenvalue weighted by molar-refractivity contribution is -0.271. The minimum Gasteiger partial charge on any atom is -0.463 e. The van der Waals surface area contributed by atoms with Gasteiger partial charge in [-0.15, -0.1) is 0 Å². The lowest BCUT2D eigenvalue weighted by Crippen LogP contribution is -2.67. The molecule has 1 aliphatic heterocycles. The van der Waals surface area contributed by atoms with Crippen molar-refractivity contribution < 1.29 is 47.7 Å². The monoisotopic (exact) mass is 585 g/mol. The third kappa shape index (κ3) is 16.4. The topological polar surface area (TPSA) is 144 Å². The summed E-state index contributed by atoms with van der Waals surface area (Å²) in [5.74, 6) is -3.08. The second-order valence-corrected chi connectivity index (χ2v) is 10.7. The van der Waals surface area contributed by atoms with Gasteiger partial charge in [0.05, 0.1) is 0 Å². The number of carbonyl (C=O) groups is 5. The number of amides is 1. The van der Waals surface area contributed by atoms with Gasteiger partial charge in [-0.05, 0) is 6.42 Å². The summed E-state index contributed by atoms with van der Waals surface area (Å²) in [6.07, 6.45) is 10.6. The van der Waals surface area contributed by atoms with Crippen LogP contribution in [0.5, 0.6) is 0 Å². The first-order valence-corrected chi connectivity index (χ1v) is 15.1. The molecule has 0 aromatic carbocycles. The van der Waals surface area contributed by atoms with Crippen LogP contribution in [0.1, 0.15) is 125 Å². The maximum absolute atomic E-state index is 12.9. The molecule has 1 saturated heterocycles. The molecule has 1 fully saturated rings. The standard InChI is InChI=1S/C30H51NO10/c1-6-7-8-9-10-11-12-13-14-15-16-17-18-19-26(36)31-27-29(39-23(4)34)28(38-22(3)33)25(20-37-21(2)32)41-30(27)40-24(5)35/h25,27-30H,6-20H2,1-5H3,(H,31,36)/t25-,27+,28-,29+,30-/m1/s1. The Bertz CT molecular complexity index is 817. The fraction of sp³-hybridized carbons (Fsp3) is 0.833. The predicted octanol–water partition coefficient (Wildman–Crippen LogP) is 4.67. The van der Waals surface area contributed by atoms with Gasteiger partial charge in [-0.25, -0.2) is 0 Å². The van der Waals surface area contributed by atoms with Crippen LogP contribution in [0.2, 0.25) is 0 Å². The lowest BCUT2D eigenvalue weighted by Gasteiger charge is -2.44. The maximum Gasteiger partial charge on any atom is 0.305 e. The Morgan fingerprint density at radius 1 is 0.610 bits per heavy atom. The van der Waals surface area contributed by atoms with Crippen molar-refractivity contribution in [2.45, 2.75) is 155 Å². The van der Waals surface area contributed by atoms with E-state index < -0.39 is 54.5 Å². The third-order valence-corrected chi connectivity index (χ3v) is 6.82. The SMILES string of the molecule is CCCCCCCCCCCCCCCC(=O)N[C@@H]1[C@H](OC(C)=O)O[C@H](COC(C)=O)[C@@H](OC(C)=O)[C@H]1OC(C)=O. The lowest BCUT2D eigenvalue weighted by atomic mass is 9.95. The van der Waals surface area contributed by atoms with Crippen molar-refractivity contribution in [1.82, 2.24) is 5.32 Å². The number of unbranched alkanes of at least 4 members (excludes halogenated alkanes) is 12. The first-order chi connectivity index (χ1) is 19.5. The minimum absolute atomic E-state index is 0.211. The van der Waals surface area contributed by atoms with Gasteiger partial charge in [0.2, 0.25) is 12.2 Å². The Labute approximate surface area is 244 Å². The molecule has 0 aliphatic carbocycles. The van der Waals surface area contributed by atoms with E-state index in [1.165, 1.54) is 64.7 Å². The van der Waals surface area contributed by atoms with E-state index in [1.54, 1.807) is 0 Å². The molecule has 11 heteroatoms. The van der Waals surface area contributed by atoms with E-state index in [9.17, 15) is 24.0 Å². The molecule has 1 amide bonds. The van der Waals surface area contributed by atoms with Gasteiger partial charge in [0.25, 0.3) is 0 Å². The summed E-state index contributed by atoms with van der Waals surface area (Å²) >= 11 is 0. The number of esters is 4. The van der Waals surface area contributed by atoms with Crippen molar-refractivity contribution in [3.8, 4) is 0 Å². The molecular formula is C30H51NO10. The largest absolute Gasteiger partial charge is 0.463 e. The third-order valence-electron chi connectivity index (χ3n) is 6.82. The van der Waals surface area contributed by atoms with E-state index in [0.717, 1.165) is 40.0 Å². The van der Waals surface area contributed by atoms with Gasteiger partial charge >= 0.3 is 23.9 Å². The van der Waals surface area contributed by atoms with E-state index in [-0.39, 0.29) is 18.9 Å². The van der Waals surface area contributed by atoms with E-state index in [0.29, 0.717) is 6.42 Å². The Morgan fingerprint density at radius 2 is 1.07 bits per heavy atom. The fourth-order valence-electron chi connectivity index (χ4n) is 4.88. The predicted molar refractivity (Wildman–Crippen MR) is 150 cm³/mol. The van der Waals surface area contributed by atoms with E-state index >= 15 is 0 Å². The van der Waals surface area contributed by atoms with E-state index in [4.69, 9.17) is 23.7 Å². The molecule has 11 nitrogen and oxygen atoms in total. The van der Waals surface area contributed by atoms with Gasteiger partial charge in [0, 0.05) is 34.1 Å². The molecule has 0 aromatic rings. The summed E-state index contributed by atoms with van der Waals surface area (Å²) in [6, 6.07) is -1.16. The second-order valence-electron chi connectivity index (χ2n) is 10.7. The highest BCUT2D eigenvalue weighted by atomic mass is 16.7. The second kappa shape index (κ2) is 21.1. The number of ether oxygens (including phenoxy) is 5. The Balaban J connectivity index is 2.67. The van der Waals surface area contributed by atoms with Gasteiger partial charge in [-0.3, -0.25) is 24.0 Å². The zero-order chi connectivity index (χ0) is 30.6. The molecule has 0 saturated carbocycles. The van der Waals surface area contributed by atoms with Crippen LogP contribution in [0.4, 0.5) is 0 Å². The quantitative estimate of drug-likeness (QED) is 0.122. The summed E-state index contributed by atoms with van der Waals surface area (Å²) in [5.41, 5.74) is 0. The van der Waals surface area contributed by atoms with Crippen molar-refractivity contribution in [1.29, 1.82) is 0 Å². The molecule has 41 heavy (non-hydrogen) atoms. The van der Waals surface area contributed by atoms with Crippen LogP contribution in [0.3, 0.4) is 0 Å². The molecule has 5 atom stereocenters. The smallest absolute Gasteiger partial charge is 0.305 e. The first kappa shape index (κ1) is 36.3. The Morgan fingerprint density at radius 3 is 1.54 bits per heavy atom. The van der Waals surface area contributed by atoms with Gasteiger partial charge in [-0.2, -0.15) is 0 Å². The van der Waals surface area contributed by atoms with Crippen molar-refractivity contribution in [2.24, 2.45) is 0 Å². The highest BCUT2D eigenvalue weighted by Crippen LogP contribution is 2.28. The molecule has 1 rings (SSSR count). The minimum atomic E-state index is -1.38. The van der Waals surface area contributed by atoms with Crippen LogP contribution in [0.25, 0.3) is 0 Å². The number of hydrogen-bond donors (Lipinski definition) is 1. The first-order valence-electron chi connectivity index (χ1n) is 15.1. The molecule has 0 bridgehead atoms. The van der Waals surface area contributed by atoms with Gasteiger partial charge in [0.1, 0.15) is 18.8 Å². The van der Waals surface area contributed by atoms with Crippen LogP contribution >= 0.6 is 0 Å². The molecule has 1 N–H and O–H groups in total. The summed E-state index contributed by atoms with van der Waals surface area (Å²) < 4.78 is 26.9. The average molecular weight is 586 g/mol. The highest BCUT2D eigenvalue weighted by Gasteiger charge is 2.52. The van der Waals surface area contributed by atoms with Gasteiger partial charge in [0.15, 0.2) is 12.2 Å². The molecular weight excluding hydrogens is 534 g/mol. The maximum atomic E-state index is 12.9. The number of nitrogens with one attached hydrogen (secondary N) is 1. The molecule has 0 spiro atoms. The molecule has 1 aliphatic rings. The molecule has 236 valence electrons. The van der Waals surface area contributed by atoms with Crippen LogP contribution in [0.15, 0.2) is 0 Å². The number of hydrogen-bond acceptors (Lipinski definition) is 10. The van der Waals surface area contributed by atoms with Crippen LogP contribution < -0.4 is 5.32 Å². The van der Waals surface area contributed by atoms with E-state index in [1.807, 2.05) is 0 Å². The summed E-state index contributed by atoms with van der Waals surface area (Å²) in [4.78, 5) is 59.9. The average Bonchev–Trinajstić information content (AvgIpc) is 2.88. The van der Waals surface area contributed by atoms with Crippen molar-refractivity contribution >= 4 is 29.8 Å². The Kier molecular flexibility index (Phi) is 18.7. The Hall–Kier alpha value is -2.69. The molecule has 0 aromatic heterocycles. The van der Waals surface area contributed by atoms with E-state index in [2.05, 4.69) is 12.2 Å². The molecule has 0 unspecified atom stereocenters. The van der Waals surface area contributed by atoms with Crippen molar-refractivity contribution in [3.05, 3.63) is 0 Å². The summed E-state index contributed by atoms with van der Waals surface area (Å²) in [5, 5.41) is 2.74. The molecule has 1 heterocycles. The van der Waals surface area contributed by atoms with Gasteiger partial charge < -0.3 is 29.0 Å². The van der Waals surface area contributed by atoms with Crippen molar-refractivity contribution in [2.75, 3.05) is 6.61 Å². The van der Waals surface area contributed by atoms with Crippen molar-refractivity contribution in [3.63, 3.8) is 0 Å². The van der Waals surface area contributed by atoms with Gasteiger partial charge in [-0.1, -0.05) is 84.0 Å². The normalized spacial score (nSPS) is 21.9. The molecule has 0 radical (unpaired) electrons. The van der Waals surface area contributed by atoms with Crippen LogP contribution in [-0.4, -0.2) is 67.0 Å². The highest BCUT2D eigenvalue weighted by molar-refractivity contribution is 5.76. The summed E-state index contributed by atoms with van der Waals surface area (Å²) in [7, 11) is 0. The zero-order valence-corrected chi connectivity index (χ0v) is 25.6. The van der Waals surface area contributed by atoms with Crippen LogP contribution in [0, 0.1) is 0 Å². The van der Waals surface area contributed by atoms with Crippen LogP contribution in [-0.2, 0) is 47.7 Å². The number of rotatable bonds is 20. The zero-order valence-electron chi connectivity index (χ0n) is 25.6. The fourth-order valence-corrected chi connectivity index (χ4v) is 4.88. The number of carbonyl (C=O) groups excluding carboxylic acids is 5. The summed E-state index contributed by atoms with van der Waals surface area (Å²) in [6.45, 7) is 6.55.